The van der Waals surface area contributed by atoms with E-state index < -0.39 is 0 Å². The second-order valence-electron chi connectivity index (χ2n) is 5.18. The zero-order chi connectivity index (χ0) is 16.1. The highest BCUT2D eigenvalue weighted by Crippen LogP contribution is 2.42. The van der Waals surface area contributed by atoms with Gasteiger partial charge in [-0.3, -0.25) is 0 Å². The molecule has 0 bridgehead atoms. The van der Waals surface area contributed by atoms with E-state index in [4.69, 9.17) is 35.1 Å². The Hall–Kier alpha value is -2.93. The van der Waals surface area contributed by atoms with E-state index >= 15 is 0 Å². The summed E-state index contributed by atoms with van der Waals surface area (Å²) in [7, 11) is 0. The van der Waals surface area contributed by atoms with Crippen molar-refractivity contribution in [3.05, 3.63) is 35.4 Å². The minimum absolute atomic E-state index is 0.144. The fraction of sp³-hybridized carbons (Fsp3) is 0.125. The van der Waals surface area contributed by atoms with Crippen LogP contribution in [0.25, 0.3) is 22.8 Å². The molecule has 0 atom stereocenters. The quantitative estimate of drug-likeness (QED) is 0.704. The Morgan fingerprint density at radius 2 is 1.62 bits per heavy atom. The maximum absolute atomic E-state index is 6.19. The number of halogens is 1. The van der Waals surface area contributed by atoms with Crippen LogP contribution in [0.5, 0.6) is 23.0 Å². The fourth-order valence-electron chi connectivity index (χ4n) is 2.58. The maximum atomic E-state index is 6.19. The molecule has 7 nitrogen and oxygen atoms in total. The molecular weight excluding hydrogens is 336 g/mol. The highest BCUT2D eigenvalue weighted by atomic mass is 35.5. The van der Waals surface area contributed by atoms with Crippen LogP contribution in [0.4, 0.5) is 0 Å². The van der Waals surface area contributed by atoms with E-state index in [1.54, 1.807) is 12.1 Å². The van der Waals surface area contributed by atoms with Crippen LogP contribution in [0.15, 0.2) is 34.9 Å². The number of aromatic nitrogens is 2. The van der Waals surface area contributed by atoms with Crippen LogP contribution in [0.3, 0.4) is 0 Å². The summed E-state index contributed by atoms with van der Waals surface area (Å²) in [5, 5.41) is 4.45. The maximum Gasteiger partial charge on any atom is 0.258 e. The predicted molar refractivity (Wildman–Crippen MR) is 82.4 cm³/mol. The van der Waals surface area contributed by atoms with Gasteiger partial charge in [-0.25, -0.2) is 0 Å². The van der Waals surface area contributed by atoms with Gasteiger partial charge in [-0.15, -0.1) is 0 Å². The van der Waals surface area contributed by atoms with Crippen molar-refractivity contribution in [3.63, 3.8) is 0 Å². The molecule has 5 rings (SSSR count). The van der Waals surface area contributed by atoms with Gasteiger partial charge >= 0.3 is 0 Å². The molecule has 2 aliphatic rings. The summed E-state index contributed by atoms with van der Waals surface area (Å²) in [6.45, 7) is 0.358. The first-order valence-corrected chi connectivity index (χ1v) is 7.49. The van der Waals surface area contributed by atoms with Gasteiger partial charge in [0.05, 0.1) is 5.02 Å². The van der Waals surface area contributed by atoms with Crippen molar-refractivity contribution in [2.45, 2.75) is 0 Å². The van der Waals surface area contributed by atoms with Crippen molar-refractivity contribution in [2.75, 3.05) is 13.6 Å². The summed E-state index contributed by atoms with van der Waals surface area (Å²) in [5.74, 6) is 3.21. The molecular formula is C16H9ClN2O5. The third kappa shape index (κ3) is 2.05. The van der Waals surface area contributed by atoms with Gasteiger partial charge < -0.3 is 23.5 Å². The van der Waals surface area contributed by atoms with E-state index in [0.717, 1.165) is 5.56 Å². The van der Waals surface area contributed by atoms with Gasteiger partial charge in [0.15, 0.2) is 23.0 Å². The van der Waals surface area contributed by atoms with Crippen LogP contribution in [-0.2, 0) is 0 Å². The van der Waals surface area contributed by atoms with Crippen LogP contribution in [0, 0.1) is 0 Å². The Morgan fingerprint density at radius 1 is 0.833 bits per heavy atom. The van der Waals surface area contributed by atoms with Gasteiger partial charge in [0.25, 0.3) is 5.89 Å². The predicted octanol–water partition coefficient (Wildman–Crippen LogP) is 3.51. The largest absolute Gasteiger partial charge is 0.454 e. The van der Waals surface area contributed by atoms with Crippen molar-refractivity contribution in [1.29, 1.82) is 0 Å². The fourth-order valence-corrected chi connectivity index (χ4v) is 2.85. The molecule has 0 fully saturated rings. The van der Waals surface area contributed by atoms with E-state index in [2.05, 4.69) is 10.1 Å². The van der Waals surface area contributed by atoms with E-state index in [1.807, 2.05) is 18.2 Å². The molecule has 2 aromatic carbocycles. The molecule has 2 aliphatic heterocycles. The Morgan fingerprint density at radius 3 is 2.58 bits per heavy atom. The van der Waals surface area contributed by atoms with E-state index in [1.165, 1.54) is 0 Å². The molecule has 0 amide bonds. The van der Waals surface area contributed by atoms with Gasteiger partial charge in [0, 0.05) is 11.1 Å². The van der Waals surface area contributed by atoms with Crippen molar-refractivity contribution in [3.8, 4) is 45.8 Å². The van der Waals surface area contributed by atoms with Crippen molar-refractivity contribution in [1.82, 2.24) is 10.1 Å². The number of fused-ring (bicyclic) bond motifs is 2. The second kappa shape index (κ2) is 5.04. The summed E-state index contributed by atoms with van der Waals surface area (Å²) in [5.41, 5.74) is 1.42. The summed E-state index contributed by atoms with van der Waals surface area (Å²) in [6.07, 6.45) is 0. The molecule has 3 heterocycles. The van der Waals surface area contributed by atoms with Gasteiger partial charge in [-0.05, 0) is 30.3 Å². The first-order valence-electron chi connectivity index (χ1n) is 7.11. The standard InChI is InChI=1S/C16H9ClN2O5/c17-10-3-9(5-13-14(10)23-7-22-13)16-18-15(19-24-16)8-1-2-11-12(4-8)21-6-20-11/h1-5H,6-7H2. The summed E-state index contributed by atoms with van der Waals surface area (Å²) < 4.78 is 26.7. The summed E-state index contributed by atoms with van der Waals surface area (Å²) in [6, 6.07) is 8.92. The number of benzene rings is 2. The third-order valence-corrected chi connectivity index (χ3v) is 4.01. The Balaban J connectivity index is 1.53. The smallest absolute Gasteiger partial charge is 0.258 e. The zero-order valence-electron chi connectivity index (χ0n) is 12.1. The highest BCUT2D eigenvalue weighted by molar-refractivity contribution is 6.32. The van der Waals surface area contributed by atoms with Crippen LogP contribution >= 0.6 is 11.6 Å². The molecule has 24 heavy (non-hydrogen) atoms. The summed E-state index contributed by atoms with van der Waals surface area (Å²) in [4.78, 5) is 4.41. The van der Waals surface area contributed by atoms with Crippen LogP contribution in [-0.4, -0.2) is 23.7 Å². The number of nitrogens with zero attached hydrogens (tertiary/aromatic N) is 2. The van der Waals surface area contributed by atoms with E-state index in [-0.39, 0.29) is 13.6 Å². The third-order valence-electron chi connectivity index (χ3n) is 3.73. The average Bonchev–Trinajstić information content (AvgIpc) is 3.33. The Bertz CT molecular complexity index is 956. The van der Waals surface area contributed by atoms with Gasteiger partial charge in [-0.2, -0.15) is 4.98 Å². The molecule has 0 saturated heterocycles. The lowest BCUT2D eigenvalue weighted by Gasteiger charge is -2.01. The number of rotatable bonds is 2. The van der Waals surface area contributed by atoms with Crippen molar-refractivity contribution < 1.29 is 23.5 Å². The van der Waals surface area contributed by atoms with Crippen LogP contribution in [0.2, 0.25) is 5.02 Å². The number of hydrogen-bond donors (Lipinski definition) is 0. The van der Waals surface area contributed by atoms with Gasteiger partial charge in [0.2, 0.25) is 19.4 Å². The van der Waals surface area contributed by atoms with E-state index in [0.29, 0.717) is 45.3 Å². The summed E-state index contributed by atoms with van der Waals surface area (Å²) >= 11 is 6.19. The van der Waals surface area contributed by atoms with Crippen molar-refractivity contribution >= 4 is 11.6 Å². The molecule has 0 spiro atoms. The van der Waals surface area contributed by atoms with Crippen LogP contribution < -0.4 is 18.9 Å². The number of hydrogen-bond acceptors (Lipinski definition) is 7. The topological polar surface area (TPSA) is 75.8 Å². The first-order chi connectivity index (χ1) is 11.8. The monoisotopic (exact) mass is 344 g/mol. The molecule has 8 heteroatoms. The average molecular weight is 345 g/mol. The zero-order valence-corrected chi connectivity index (χ0v) is 12.9. The second-order valence-corrected chi connectivity index (χ2v) is 5.59. The van der Waals surface area contributed by atoms with E-state index in [9.17, 15) is 0 Å². The molecule has 3 aromatic rings. The first kappa shape index (κ1) is 13.5. The molecule has 0 aliphatic carbocycles. The normalized spacial score (nSPS) is 14.2. The molecule has 0 radical (unpaired) electrons. The van der Waals surface area contributed by atoms with Gasteiger partial charge in [-0.1, -0.05) is 16.8 Å². The highest BCUT2D eigenvalue weighted by Gasteiger charge is 2.22. The Labute approximate surface area is 140 Å². The van der Waals surface area contributed by atoms with Crippen molar-refractivity contribution in [2.24, 2.45) is 0 Å². The van der Waals surface area contributed by atoms with Gasteiger partial charge in [0.1, 0.15) is 0 Å². The number of ether oxygens (including phenoxy) is 4. The minimum Gasteiger partial charge on any atom is -0.454 e. The molecule has 0 saturated carbocycles. The molecule has 0 N–H and O–H groups in total. The lowest BCUT2D eigenvalue weighted by atomic mass is 10.2. The molecule has 0 unspecified atom stereocenters. The van der Waals surface area contributed by atoms with Crippen LogP contribution in [0.1, 0.15) is 0 Å². The minimum atomic E-state index is 0.144. The lowest BCUT2D eigenvalue weighted by molar-refractivity contribution is 0.173. The molecule has 120 valence electrons. The lowest BCUT2D eigenvalue weighted by Crippen LogP contribution is -1.93. The Kier molecular flexibility index (Phi) is 2.83. The SMILES string of the molecule is Clc1cc(-c2nc(-c3ccc4c(c3)OCO4)no2)cc2c1OCO2. The molecule has 1 aromatic heterocycles.